The van der Waals surface area contributed by atoms with Crippen LogP contribution in [-0.4, -0.2) is 30.0 Å². The molecule has 0 fully saturated rings. The molecule has 0 bridgehead atoms. The fourth-order valence-electron chi connectivity index (χ4n) is 1.13. The minimum absolute atomic E-state index is 0.326. The Morgan fingerprint density at radius 1 is 1.38 bits per heavy atom. The maximum Gasteiger partial charge on any atom is 0.0768 e. The van der Waals surface area contributed by atoms with Crippen molar-refractivity contribution in [2.45, 2.75) is 27.2 Å². The van der Waals surface area contributed by atoms with Gasteiger partial charge in [-0.2, -0.15) is 0 Å². The number of thiocarbonyl (C=S) groups is 1. The number of nitrogens with two attached hydrogens (primary N) is 1. The number of rotatable bonds is 6. The Morgan fingerprint density at radius 2 is 1.92 bits per heavy atom. The number of hydrogen-bond donors (Lipinski definition) is 1. The largest absolute Gasteiger partial charge is 0.393 e. The van der Waals surface area contributed by atoms with Crippen LogP contribution >= 0.6 is 12.2 Å². The molecule has 3 heteroatoms. The van der Waals surface area contributed by atoms with Gasteiger partial charge in [-0.05, 0) is 25.9 Å². The van der Waals surface area contributed by atoms with Gasteiger partial charge >= 0.3 is 0 Å². The number of nitrogens with zero attached hydrogens (tertiary/aromatic N) is 1. The summed E-state index contributed by atoms with van der Waals surface area (Å²) >= 11 is 4.92. The third-order valence-corrected chi connectivity index (χ3v) is 2.56. The van der Waals surface area contributed by atoms with Crippen molar-refractivity contribution in [1.82, 2.24) is 4.90 Å². The van der Waals surface area contributed by atoms with E-state index in [-0.39, 0.29) is 0 Å². The van der Waals surface area contributed by atoms with Crippen molar-refractivity contribution in [2.75, 3.05) is 20.1 Å². The quantitative estimate of drug-likeness (QED) is 0.667. The summed E-state index contributed by atoms with van der Waals surface area (Å²) in [5, 5.41) is 0. The lowest BCUT2D eigenvalue weighted by Gasteiger charge is -2.21. The highest BCUT2D eigenvalue weighted by molar-refractivity contribution is 7.80. The van der Waals surface area contributed by atoms with Gasteiger partial charge in [0.2, 0.25) is 0 Å². The molecule has 0 amide bonds. The van der Waals surface area contributed by atoms with Crippen molar-refractivity contribution < 1.29 is 0 Å². The maximum absolute atomic E-state index is 5.54. The highest BCUT2D eigenvalue weighted by atomic mass is 32.1. The molecular formula is C10H22N2S. The average molecular weight is 202 g/mol. The van der Waals surface area contributed by atoms with Crippen LogP contribution in [0.3, 0.4) is 0 Å². The Labute approximate surface area is 87.5 Å². The first-order chi connectivity index (χ1) is 5.93. The molecule has 0 aromatic carbocycles. The third-order valence-electron chi connectivity index (χ3n) is 2.16. The summed E-state index contributed by atoms with van der Waals surface area (Å²) in [6, 6.07) is 0. The second kappa shape index (κ2) is 6.33. The van der Waals surface area contributed by atoms with E-state index in [4.69, 9.17) is 18.0 Å². The average Bonchev–Trinajstić information content (AvgIpc) is 2.00. The van der Waals surface area contributed by atoms with Crippen LogP contribution in [-0.2, 0) is 0 Å². The van der Waals surface area contributed by atoms with E-state index < -0.39 is 0 Å². The molecule has 0 rings (SSSR count). The SMILES string of the molecule is CC(C)CCN(C)CC(C)C(N)=S. The molecule has 13 heavy (non-hydrogen) atoms. The Balaban J connectivity index is 3.61. The van der Waals surface area contributed by atoms with Gasteiger partial charge in [0.25, 0.3) is 0 Å². The third kappa shape index (κ3) is 6.96. The molecule has 1 atom stereocenters. The Bertz CT molecular complexity index is 157. The predicted octanol–water partition coefficient (Wildman–Crippen LogP) is 1.89. The van der Waals surface area contributed by atoms with E-state index in [0.717, 1.165) is 19.0 Å². The standard InChI is InChI=1S/C10H22N2S/c1-8(2)5-6-12(4)7-9(3)10(11)13/h8-9H,5-7H2,1-4H3,(H2,11,13). The lowest BCUT2D eigenvalue weighted by Crippen LogP contribution is -2.32. The zero-order chi connectivity index (χ0) is 10.4. The van der Waals surface area contributed by atoms with Gasteiger partial charge in [0.1, 0.15) is 0 Å². The minimum atomic E-state index is 0.326. The van der Waals surface area contributed by atoms with Crippen molar-refractivity contribution in [3.05, 3.63) is 0 Å². The van der Waals surface area contributed by atoms with Crippen LogP contribution in [0, 0.1) is 11.8 Å². The summed E-state index contributed by atoms with van der Waals surface area (Å²) in [7, 11) is 2.12. The van der Waals surface area contributed by atoms with Gasteiger partial charge in [0, 0.05) is 12.5 Å². The Morgan fingerprint density at radius 3 is 2.31 bits per heavy atom. The normalized spacial score (nSPS) is 13.7. The first kappa shape index (κ1) is 12.8. The van der Waals surface area contributed by atoms with Crippen molar-refractivity contribution in [1.29, 1.82) is 0 Å². The molecule has 2 nitrogen and oxygen atoms in total. The lowest BCUT2D eigenvalue weighted by molar-refractivity contribution is 0.295. The predicted molar refractivity (Wildman–Crippen MR) is 62.9 cm³/mol. The summed E-state index contributed by atoms with van der Waals surface area (Å²) in [5.41, 5.74) is 5.54. The Kier molecular flexibility index (Phi) is 6.25. The summed E-state index contributed by atoms with van der Waals surface area (Å²) in [6.45, 7) is 8.66. The van der Waals surface area contributed by atoms with Crippen LogP contribution in [0.1, 0.15) is 27.2 Å². The molecule has 0 aliphatic carbocycles. The molecule has 2 N–H and O–H groups in total. The van der Waals surface area contributed by atoms with E-state index in [1.54, 1.807) is 0 Å². The summed E-state index contributed by atoms with van der Waals surface area (Å²) in [6.07, 6.45) is 1.24. The van der Waals surface area contributed by atoms with E-state index in [1.165, 1.54) is 6.42 Å². The molecule has 0 heterocycles. The summed E-state index contributed by atoms with van der Waals surface area (Å²) < 4.78 is 0. The molecule has 0 aliphatic heterocycles. The van der Waals surface area contributed by atoms with Crippen molar-refractivity contribution in [3.8, 4) is 0 Å². The molecule has 78 valence electrons. The van der Waals surface area contributed by atoms with Crippen molar-refractivity contribution in [3.63, 3.8) is 0 Å². The van der Waals surface area contributed by atoms with Gasteiger partial charge in [-0.3, -0.25) is 0 Å². The summed E-state index contributed by atoms with van der Waals surface area (Å²) in [4.78, 5) is 2.92. The van der Waals surface area contributed by atoms with Gasteiger partial charge in [-0.25, -0.2) is 0 Å². The van der Waals surface area contributed by atoms with E-state index in [1.807, 2.05) is 0 Å². The molecule has 0 aliphatic rings. The van der Waals surface area contributed by atoms with Gasteiger partial charge in [-0.1, -0.05) is 33.0 Å². The summed E-state index contributed by atoms with van der Waals surface area (Å²) in [5.74, 6) is 1.09. The smallest absolute Gasteiger partial charge is 0.0768 e. The van der Waals surface area contributed by atoms with Crippen LogP contribution in [0.2, 0.25) is 0 Å². The van der Waals surface area contributed by atoms with Gasteiger partial charge in [0.05, 0.1) is 4.99 Å². The van der Waals surface area contributed by atoms with Gasteiger partial charge < -0.3 is 10.6 Å². The first-order valence-electron chi connectivity index (χ1n) is 4.91. The van der Waals surface area contributed by atoms with Crippen LogP contribution < -0.4 is 5.73 Å². The van der Waals surface area contributed by atoms with Crippen LogP contribution in [0.4, 0.5) is 0 Å². The fourth-order valence-corrected chi connectivity index (χ4v) is 1.20. The van der Waals surface area contributed by atoms with E-state index in [0.29, 0.717) is 10.9 Å². The molecule has 0 radical (unpaired) electrons. The molecule has 0 spiro atoms. The van der Waals surface area contributed by atoms with E-state index in [9.17, 15) is 0 Å². The zero-order valence-corrected chi connectivity index (χ0v) is 10.0. The second-order valence-corrected chi connectivity index (χ2v) is 4.72. The first-order valence-corrected chi connectivity index (χ1v) is 5.32. The molecule has 0 aromatic heterocycles. The van der Waals surface area contributed by atoms with Crippen LogP contribution in [0.25, 0.3) is 0 Å². The topological polar surface area (TPSA) is 29.3 Å². The minimum Gasteiger partial charge on any atom is -0.393 e. The molecule has 0 saturated carbocycles. The van der Waals surface area contributed by atoms with Gasteiger partial charge in [-0.15, -0.1) is 0 Å². The number of hydrogen-bond acceptors (Lipinski definition) is 2. The van der Waals surface area contributed by atoms with E-state index >= 15 is 0 Å². The molecule has 1 unspecified atom stereocenters. The Hall–Kier alpha value is -0.150. The maximum atomic E-state index is 5.54. The van der Waals surface area contributed by atoms with Gasteiger partial charge in [0.15, 0.2) is 0 Å². The highest BCUT2D eigenvalue weighted by Gasteiger charge is 2.08. The van der Waals surface area contributed by atoms with Crippen molar-refractivity contribution >= 4 is 17.2 Å². The second-order valence-electron chi connectivity index (χ2n) is 4.25. The molecule has 0 aromatic rings. The highest BCUT2D eigenvalue weighted by Crippen LogP contribution is 2.03. The lowest BCUT2D eigenvalue weighted by atomic mass is 10.1. The monoisotopic (exact) mass is 202 g/mol. The molecular weight excluding hydrogens is 180 g/mol. The van der Waals surface area contributed by atoms with Crippen molar-refractivity contribution in [2.24, 2.45) is 17.6 Å². The van der Waals surface area contributed by atoms with Crippen LogP contribution in [0.5, 0.6) is 0 Å². The zero-order valence-electron chi connectivity index (χ0n) is 9.21. The van der Waals surface area contributed by atoms with Crippen LogP contribution in [0.15, 0.2) is 0 Å². The fraction of sp³-hybridized carbons (Fsp3) is 0.900. The van der Waals surface area contributed by atoms with E-state index in [2.05, 4.69) is 32.7 Å². The molecule has 0 saturated heterocycles.